The van der Waals surface area contributed by atoms with Gasteiger partial charge < -0.3 is 15.4 Å². The normalized spacial score (nSPS) is 14.2. The zero-order chi connectivity index (χ0) is 23.6. The molecule has 0 aliphatic carbocycles. The summed E-state index contributed by atoms with van der Waals surface area (Å²) in [7, 11) is 0. The van der Waals surface area contributed by atoms with E-state index < -0.39 is 4.92 Å². The summed E-state index contributed by atoms with van der Waals surface area (Å²) in [6.07, 6.45) is 4.08. The van der Waals surface area contributed by atoms with Crippen LogP contribution in [0.5, 0.6) is 5.75 Å². The minimum Gasteiger partial charge on any atom is -0.483 e. The Kier molecular flexibility index (Phi) is 5.87. The van der Waals surface area contributed by atoms with Gasteiger partial charge in [0.25, 0.3) is 5.69 Å². The summed E-state index contributed by atoms with van der Waals surface area (Å²) in [6.45, 7) is 8.11. The van der Waals surface area contributed by atoms with E-state index in [0.717, 1.165) is 33.8 Å². The molecule has 0 amide bonds. The lowest BCUT2D eigenvalue weighted by Gasteiger charge is -2.28. The molecule has 33 heavy (non-hydrogen) atoms. The third-order valence-electron chi connectivity index (χ3n) is 5.10. The molecule has 1 aliphatic heterocycles. The highest BCUT2D eigenvalue weighted by Gasteiger charge is 2.21. The lowest BCUT2D eigenvalue weighted by Crippen LogP contribution is -2.27. The van der Waals surface area contributed by atoms with Gasteiger partial charge in [0.05, 0.1) is 10.6 Å². The number of ether oxygens (including phenoxy) is 1. The number of benzene rings is 3. The van der Waals surface area contributed by atoms with Crippen molar-refractivity contribution in [2.45, 2.75) is 33.3 Å². The highest BCUT2D eigenvalue weighted by molar-refractivity contribution is 6.05. The average molecular weight is 443 g/mol. The van der Waals surface area contributed by atoms with Gasteiger partial charge in [0.1, 0.15) is 11.4 Å². The van der Waals surface area contributed by atoms with Gasteiger partial charge in [0.2, 0.25) is 5.96 Å². The smallest absolute Gasteiger partial charge is 0.269 e. The number of nitro groups is 1. The van der Waals surface area contributed by atoms with Crippen LogP contribution in [0.2, 0.25) is 0 Å². The van der Waals surface area contributed by atoms with E-state index in [2.05, 4.69) is 27.8 Å². The lowest BCUT2D eigenvalue weighted by molar-refractivity contribution is -0.384. The number of aryl methyl sites for hydroxylation is 2. The zero-order valence-corrected chi connectivity index (χ0v) is 19.0. The van der Waals surface area contributed by atoms with Crippen molar-refractivity contribution in [2.24, 2.45) is 4.99 Å². The van der Waals surface area contributed by atoms with E-state index in [1.807, 2.05) is 64.1 Å². The summed E-state index contributed by atoms with van der Waals surface area (Å²) in [5.41, 5.74) is 5.23. The van der Waals surface area contributed by atoms with Gasteiger partial charge in [-0.15, -0.1) is 0 Å². The van der Waals surface area contributed by atoms with Gasteiger partial charge in [-0.2, -0.15) is 0 Å². The van der Waals surface area contributed by atoms with Crippen molar-refractivity contribution in [2.75, 3.05) is 10.6 Å². The van der Waals surface area contributed by atoms with Gasteiger partial charge in [0.15, 0.2) is 0 Å². The predicted octanol–water partition coefficient (Wildman–Crippen LogP) is 6.61. The van der Waals surface area contributed by atoms with Crippen molar-refractivity contribution >= 4 is 34.8 Å². The second-order valence-electron chi connectivity index (χ2n) is 8.65. The highest BCUT2D eigenvalue weighted by atomic mass is 16.6. The van der Waals surface area contributed by atoms with E-state index in [1.165, 1.54) is 12.1 Å². The number of fused-ring (bicyclic) bond motifs is 1. The maximum absolute atomic E-state index is 11.0. The molecule has 168 valence electrons. The van der Waals surface area contributed by atoms with Crippen molar-refractivity contribution in [1.82, 2.24) is 0 Å². The fourth-order valence-corrected chi connectivity index (χ4v) is 3.64. The molecule has 3 aromatic rings. The van der Waals surface area contributed by atoms with Gasteiger partial charge in [-0.05, 0) is 87.4 Å². The van der Waals surface area contributed by atoms with Gasteiger partial charge >= 0.3 is 0 Å². The molecule has 0 aromatic heterocycles. The molecule has 0 fully saturated rings. The average Bonchev–Trinajstić information content (AvgIpc) is 2.73. The Balaban J connectivity index is 1.66. The van der Waals surface area contributed by atoms with Crippen LogP contribution in [-0.4, -0.2) is 16.5 Å². The number of hydrogen-bond donors (Lipinski definition) is 2. The first-order valence-corrected chi connectivity index (χ1v) is 10.6. The third-order valence-corrected chi connectivity index (χ3v) is 5.10. The molecular weight excluding hydrogens is 416 g/mol. The summed E-state index contributed by atoms with van der Waals surface area (Å²) >= 11 is 0. The molecule has 0 spiro atoms. The number of nitrogens with zero attached hydrogens (tertiary/aromatic N) is 2. The number of rotatable bonds is 4. The molecule has 2 N–H and O–H groups in total. The standard InChI is InChI=1S/C26H26N4O3/c1-17-13-18(2)15-22(14-17)29-25(27-20-5-8-23(9-6-20)30(31)32)28-21-7-10-24-19(16-21)11-12-26(3,4)33-24/h5-16H,1-4H3,(H2,27,28,29). The molecule has 3 aromatic carbocycles. The molecule has 0 saturated carbocycles. The van der Waals surface area contributed by atoms with E-state index in [1.54, 1.807) is 12.1 Å². The Morgan fingerprint density at radius 1 is 0.939 bits per heavy atom. The Bertz CT molecular complexity index is 1240. The molecule has 0 unspecified atom stereocenters. The zero-order valence-electron chi connectivity index (χ0n) is 19.0. The van der Waals surface area contributed by atoms with Crippen LogP contribution in [0, 0.1) is 24.0 Å². The number of aliphatic imine (C=N–C) groups is 1. The van der Waals surface area contributed by atoms with Crippen LogP contribution in [-0.2, 0) is 0 Å². The maximum Gasteiger partial charge on any atom is 0.269 e. The number of non-ortho nitro benzene ring substituents is 1. The minimum absolute atomic E-state index is 0.0233. The Morgan fingerprint density at radius 3 is 2.27 bits per heavy atom. The van der Waals surface area contributed by atoms with Gasteiger partial charge in [-0.25, -0.2) is 4.99 Å². The molecule has 1 heterocycles. The maximum atomic E-state index is 11.0. The summed E-state index contributed by atoms with van der Waals surface area (Å²) < 4.78 is 6.01. The van der Waals surface area contributed by atoms with Crippen molar-refractivity contribution in [3.05, 3.63) is 93.5 Å². The number of anilines is 2. The van der Waals surface area contributed by atoms with Crippen LogP contribution in [0.1, 0.15) is 30.5 Å². The van der Waals surface area contributed by atoms with Crippen molar-refractivity contribution in [3.63, 3.8) is 0 Å². The molecule has 1 aliphatic rings. The van der Waals surface area contributed by atoms with Crippen LogP contribution in [0.3, 0.4) is 0 Å². The highest BCUT2D eigenvalue weighted by Crippen LogP contribution is 2.32. The number of nitro benzene ring substituents is 1. The van der Waals surface area contributed by atoms with E-state index in [-0.39, 0.29) is 11.3 Å². The van der Waals surface area contributed by atoms with Gasteiger partial charge in [-0.1, -0.05) is 12.1 Å². The Hall–Kier alpha value is -4.13. The quantitative estimate of drug-likeness (QED) is 0.205. The van der Waals surface area contributed by atoms with E-state index in [4.69, 9.17) is 4.74 Å². The van der Waals surface area contributed by atoms with Crippen LogP contribution >= 0.6 is 0 Å². The fourth-order valence-electron chi connectivity index (χ4n) is 3.64. The first kappa shape index (κ1) is 22.1. The molecular formula is C26H26N4O3. The first-order valence-electron chi connectivity index (χ1n) is 10.6. The van der Waals surface area contributed by atoms with Gasteiger partial charge in [0, 0.05) is 29.1 Å². The molecule has 7 heteroatoms. The first-order chi connectivity index (χ1) is 15.7. The number of hydrogen-bond acceptors (Lipinski definition) is 4. The molecule has 0 saturated heterocycles. The predicted molar refractivity (Wildman–Crippen MR) is 134 cm³/mol. The lowest BCUT2D eigenvalue weighted by atomic mass is 10.0. The summed E-state index contributed by atoms with van der Waals surface area (Å²) in [5.74, 6) is 1.32. The van der Waals surface area contributed by atoms with E-state index in [0.29, 0.717) is 11.6 Å². The SMILES string of the molecule is Cc1cc(C)cc(NC(=Nc2ccc([N+](=O)[O-])cc2)Nc2ccc3c(c2)C=CC(C)(C)O3)c1. The molecule has 0 atom stereocenters. The second kappa shape index (κ2) is 8.78. The largest absolute Gasteiger partial charge is 0.483 e. The fraction of sp³-hybridized carbons (Fsp3) is 0.192. The molecule has 0 radical (unpaired) electrons. The van der Waals surface area contributed by atoms with Crippen LogP contribution in [0.25, 0.3) is 6.08 Å². The van der Waals surface area contributed by atoms with E-state index >= 15 is 0 Å². The van der Waals surface area contributed by atoms with Crippen molar-refractivity contribution in [3.8, 4) is 5.75 Å². The Morgan fingerprint density at radius 2 is 1.61 bits per heavy atom. The summed E-state index contributed by atoms with van der Waals surface area (Å²) in [5, 5.41) is 17.7. The Labute approximate surface area is 193 Å². The molecule has 4 rings (SSSR count). The summed E-state index contributed by atoms with van der Waals surface area (Å²) in [4.78, 5) is 15.2. The third kappa shape index (κ3) is 5.57. The van der Waals surface area contributed by atoms with Gasteiger partial charge in [-0.3, -0.25) is 10.1 Å². The van der Waals surface area contributed by atoms with Crippen molar-refractivity contribution < 1.29 is 9.66 Å². The minimum atomic E-state index is -0.426. The summed E-state index contributed by atoms with van der Waals surface area (Å²) in [6, 6.07) is 18.1. The van der Waals surface area contributed by atoms with Crippen LogP contribution in [0.4, 0.5) is 22.7 Å². The number of nitrogens with one attached hydrogen (secondary N) is 2. The monoisotopic (exact) mass is 442 g/mol. The van der Waals surface area contributed by atoms with Crippen LogP contribution < -0.4 is 15.4 Å². The number of guanidine groups is 1. The second-order valence-corrected chi connectivity index (χ2v) is 8.65. The molecule has 7 nitrogen and oxygen atoms in total. The topological polar surface area (TPSA) is 88.8 Å². The van der Waals surface area contributed by atoms with E-state index in [9.17, 15) is 10.1 Å². The molecule has 0 bridgehead atoms. The van der Waals surface area contributed by atoms with Crippen LogP contribution in [0.15, 0.2) is 71.7 Å². The van der Waals surface area contributed by atoms with Crippen molar-refractivity contribution in [1.29, 1.82) is 0 Å².